The highest BCUT2D eigenvalue weighted by Crippen LogP contribution is 2.28. The Morgan fingerprint density at radius 3 is 3.12 bits per heavy atom. The van der Waals surface area contributed by atoms with Crippen molar-refractivity contribution in [2.45, 2.75) is 18.9 Å². The first kappa shape index (κ1) is 10.1. The Kier molecular flexibility index (Phi) is 2.33. The van der Waals surface area contributed by atoms with Gasteiger partial charge in [-0.3, -0.25) is 0 Å². The number of nitrogens with zero attached hydrogens (tertiary/aromatic N) is 1. The van der Waals surface area contributed by atoms with Gasteiger partial charge in [0, 0.05) is 12.1 Å². The third kappa shape index (κ3) is 1.58. The third-order valence-corrected chi connectivity index (χ3v) is 3.10. The summed E-state index contributed by atoms with van der Waals surface area (Å²) >= 11 is 5.68. The molecule has 1 unspecified atom stereocenters. The number of hydrogen-bond acceptors (Lipinski definition) is 3. The van der Waals surface area contributed by atoms with Crippen LogP contribution in [0.3, 0.4) is 0 Å². The van der Waals surface area contributed by atoms with Crippen LogP contribution in [0.4, 0.5) is 4.39 Å². The van der Waals surface area contributed by atoms with Crippen LogP contribution in [0, 0.1) is 5.82 Å². The van der Waals surface area contributed by atoms with Gasteiger partial charge >= 0.3 is 0 Å². The van der Waals surface area contributed by atoms with E-state index in [1.54, 1.807) is 0 Å². The van der Waals surface area contributed by atoms with Crippen molar-refractivity contribution in [3.8, 4) is 0 Å². The van der Waals surface area contributed by atoms with E-state index in [0.717, 1.165) is 19.4 Å². The van der Waals surface area contributed by atoms with Gasteiger partial charge in [0.25, 0.3) is 0 Å². The van der Waals surface area contributed by atoms with Crippen molar-refractivity contribution in [3.05, 3.63) is 28.9 Å². The van der Waals surface area contributed by atoms with E-state index < -0.39 is 5.82 Å². The number of halogens is 2. The first-order chi connectivity index (χ1) is 7.74. The fourth-order valence-corrected chi connectivity index (χ4v) is 2.14. The van der Waals surface area contributed by atoms with E-state index in [1.165, 1.54) is 12.1 Å². The second kappa shape index (κ2) is 3.71. The van der Waals surface area contributed by atoms with E-state index in [4.69, 9.17) is 16.0 Å². The lowest BCUT2D eigenvalue weighted by Crippen LogP contribution is -2.12. The highest BCUT2D eigenvalue weighted by atomic mass is 35.5. The molecule has 0 saturated carbocycles. The largest absolute Gasteiger partial charge is 0.439 e. The van der Waals surface area contributed by atoms with Crippen LogP contribution in [-0.4, -0.2) is 11.5 Å². The van der Waals surface area contributed by atoms with E-state index >= 15 is 0 Å². The van der Waals surface area contributed by atoms with Crippen molar-refractivity contribution in [3.63, 3.8) is 0 Å². The lowest BCUT2D eigenvalue weighted by Gasteiger charge is -2.02. The molecule has 3 nitrogen and oxygen atoms in total. The van der Waals surface area contributed by atoms with Crippen molar-refractivity contribution in [1.82, 2.24) is 10.3 Å². The van der Waals surface area contributed by atoms with Crippen molar-refractivity contribution in [2.24, 2.45) is 0 Å². The monoisotopic (exact) mass is 240 g/mol. The third-order valence-electron chi connectivity index (χ3n) is 2.81. The lowest BCUT2D eigenvalue weighted by molar-refractivity contribution is 0.451. The summed E-state index contributed by atoms with van der Waals surface area (Å²) in [5.74, 6) is 0.155. The normalized spacial score (nSPS) is 20.8. The topological polar surface area (TPSA) is 38.1 Å². The molecule has 1 saturated heterocycles. The van der Waals surface area contributed by atoms with Crippen LogP contribution in [0.15, 0.2) is 16.5 Å². The summed E-state index contributed by atoms with van der Waals surface area (Å²) in [6.07, 6.45) is 2.11. The number of nitrogens with one attached hydrogen (secondary N) is 1. The molecule has 3 rings (SSSR count). The van der Waals surface area contributed by atoms with Gasteiger partial charge < -0.3 is 9.73 Å². The number of fused-ring (bicyclic) bond motifs is 1. The maximum atomic E-state index is 13.2. The molecule has 1 aromatic carbocycles. The fourth-order valence-electron chi connectivity index (χ4n) is 1.99. The molecule has 1 N–H and O–H groups in total. The van der Waals surface area contributed by atoms with Crippen LogP contribution >= 0.6 is 11.6 Å². The summed E-state index contributed by atoms with van der Waals surface area (Å²) in [5.41, 5.74) is 1.06. The van der Waals surface area contributed by atoms with Crippen molar-refractivity contribution in [2.75, 3.05) is 6.54 Å². The minimum absolute atomic E-state index is 0.0644. The molecule has 5 heteroatoms. The Morgan fingerprint density at radius 2 is 2.38 bits per heavy atom. The molecular formula is C11H10ClFN2O. The van der Waals surface area contributed by atoms with Gasteiger partial charge in [0.15, 0.2) is 5.58 Å². The van der Waals surface area contributed by atoms with Gasteiger partial charge in [-0.05, 0) is 19.4 Å². The van der Waals surface area contributed by atoms with Crippen LogP contribution in [-0.2, 0) is 0 Å². The van der Waals surface area contributed by atoms with Crippen LogP contribution in [0.1, 0.15) is 24.8 Å². The molecule has 84 valence electrons. The van der Waals surface area contributed by atoms with Crippen LogP contribution < -0.4 is 5.32 Å². The smallest absolute Gasteiger partial charge is 0.212 e. The second-order valence-corrected chi connectivity index (χ2v) is 4.34. The van der Waals surface area contributed by atoms with Gasteiger partial charge in [-0.15, -0.1) is 0 Å². The quantitative estimate of drug-likeness (QED) is 0.833. The van der Waals surface area contributed by atoms with E-state index in [9.17, 15) is 4.39 Å². The lowest BCUT2D eigenvalue weighted by atomic mass is 10.2. The summed E-state index contributed by atoms with van der Waals surface area (Å²) in [5, 5.41) is 3.34. The summed E-state index contributed by atoms with van der Waals surface area (Å²) in [6.45, 7) is 0.971. The first-order valence-electron chi connectivity index (χ1n) is 5.23. The first-order valence-corrected chi connectivity index (χ1v) is 5.61. The predicted molar refractivity (Wildman–Crippen MR) is 59.0 cm³/mol. The average Bonchev–Trinajstić information content (AvgIpc) is 2.86. The molecule has 0 aliphatic carbocycles. The molecule has 1 aliphatic heterocycles. The maximum absolute atomic E-state index is 13.2. The molecule has 2 aromatic rings. The van der Waals surface area contributed by atoms with E-state index in [-0.39, 0.29) is 11.1 Å². The van der Waals surface area contributed by atoms with Crippen molar-refractivity contribution in [1.29, 1.82) is 0 Å². The summed E-state index contributed by atoms with van der Waals surface area (Å²) in [6, 6.07) is 2.92. The minimum Gasteiger partial charge on any atom is -0.439 e. The van der Waals surface area contributed by atoms with Gasteiger partial charge in [-0.25, -0.2) is 9.37 Å². The number of oxazole rings is 1. The van der Waals surface area contributed by atoms with Gasteiger partial charge in [0.2, 0.25) is 5.89 Å². The molecule has 1 aromatic heterocycles. The Bertz CT molecular complexity index is 495. The van der Waals surface area contributed by atoms with Crippen LogP contribution in [0.25, 0.3) is 11.1 Å². The van der Waals surface area contributed by atoms with Crippen LogP contribution in [0.5, 0.6) is 0 Å². The summed E-state index contributed by atoms with van der Waals surface area (Å²) < 4.78 is 18.8. The molecule has 2 heterocycles. The van der Waals surface area contributed by atoms with Crippen LogP contribution in [0.2, 0.25) is 5.02 Å². The van der Waals surface area contributed by atoms with Gasteiger partial charge in [-0.1, -0.05) is 11.6 Å². The van der Waals surface area contributed by atoms with Gasteiger partial charge in [0.05, 0.1) is 11.1 Å². The maximum Gasteiger partial charge on any atom is 0.212 e. The van der Waals surface area contributed by atoms with Gasteiger partial charge in [0.1, 0.15) is 11.3 Å². The highest BCUT2D eigenvalue weighted by molar-refractivity contribution is 6.31. The Labute approximate surface area is 96.6 Å². The second-order valence-electron chi connectivity index (χ2n) is 3.94. The zero-order valence-corrected chi connectivity index (χ0v) is 9.22. The molecule has 0 bridgehead atoms. The number of hydrogen-bond donors (Lipinski definition) is 1. The molecule has 1 aliphatic rings. The Balaban J connectivity index is 2.08. The van der Waals surface area contributed by atoms with E-state index in [2.05, 4.69) is 10.3 Å². The fraction of sp³-hybridized carbons (Fsp3) is 0.364. The zero-order chi connectivity index (χ0) is 11.1. The van der Waals surface area contributed by atoms with E-state index in [1.807, 2.05) is 0 Å². The summed E-state index contributed by atoms with van der Waals surface area (Å²) in [4.78, 5) is 4.27. The standard InChI is InChI=1S/C11H10ClFN2O/c12-6-4-10-9(5-7(6)13)15-11(16-10)8-2-1-3-14-8/h4-5,8,14H,1-3H2. The molecule has 1 fully saturated rings. The minimum atomic E-state index is -0.464. The Morgan fingerprint density at radius 1 is 1.50 bits per heavy atom. The molecule has 0 spiro atoms. The zero-order valence-electron chi connectivity index (χ0n) is 8.46. The summed E-state index contributed by atoms with van der Waals surface area (Å²) in [7, 11) is 0. The van der Waals surface area contributed by atoms with Gasteiger partial charge in [-0.2, -0.15) is 0 Å². The van der Waals surface area contributed by atoms with Crippen molar-refractivity contribution < 1.29 is 8.81 Å². The SMILES string of the molecule is Fc1cc2nc(C3CCCN3)oc2cc1Cl. The van der Waals surface area contributed by atoms with E-state index in [0.29, 0.717) is 17.0 Å². The number of aromatic nitrogens is 1. The Hall–Kier alpha value is -1.13. The molecule has 1 atom stereocenters. The molecular weight excluding hydrogens is 231 g/mol. The molecule has 0 amide bonds. The molecule has 0 radical (unpaired) electrons. The van der Waals surface area contributed by atoms with Crippen molar-refractivity contribution >= 4 is 22.7 Å². The molecule has 16 heavy (non-hydrogen) atoms. The average molecular weight is 241 g/mol. The number of benzene rings is 1. The number of rotatable bonds is 1. The highest BCUT2D eigenvalue weighted by Gasteiger charge is 2.22. The predicted octanol–water partition coefficient (Wildman–Crippen LogP) is 3.04.